The monoisotopic (exact) mass is 403 g/mol. The molecule has 4 nitrogen and oxygen atoms in total. The van der Waals surface area contributed by atoms with Gasteiger partial charge in [-0.3, -0.25) is 0 Å². The maximum atomic E-state index is 6.04. The van der Waals surface area contributed by atoms with Gasteiger partial charge < -0.3 is 9.84 Å². The number of halogens is 2. The molecule has 0 spiro atoms. The lowest BCUT2D eigenvalue weighted by molar-refractivity contribution is 0.402. The molecular weight excluding hydrogens is 389 g/mol. The number of benzene rings is 1. The Bertz CT molecular complexity index is 594. The van der Waals surface area contributed by atoms with Crippen LogP contribution in [0, 0.1) is 3.57 Å². The van der Waals surface area contributed by atoms with Crippen molar-refractivity contribution in [2.24, 2.45) is 0 Å². The fraction of sp³-hybridized carbons (Fsp3) is 0.429. The summed E-state index contributed by atoms with van der Waals surface area (Å²) in [4.78, 5) is 4.54. The third-order valence-corrected chi connectivity index (χ3v) is 4.65. The van der Waals surface area contributed by atoms with Gasteiger partial charge in [-0.05, 0) is 60.2 Å². The average Bonchev–Trinajstić information content (AvgIpc) is 2.77. The lowest BCUT2D eigenvalue weighted by Crippen LogP contribution is -2.21. The van der Waals surface area contributed by atoms with E-state index in [0.717, 1.165) is 27.9 Å². The SMILES string of the molecule is Clc1ccc(I)c(-c2nc(C3CCCCCN3)no2)c1. The van der Waals surface area contributed by atoms with Crippen LogP contribution in [0.1, 0.15) is 37.5 Å². The van der Waals surface area contributed by atoms with E-state index in [9.17, 15) is 0 Å². The summed E-state index contributed by atoms with van der Waals surface area (Å²) in [6.07, 6.45) is 4.75. The smallest absolute Gasteiger partial charge is 0.259 e. The van der Waals surface area contributed by atoms with Gasteiger partial charge >= 0.3 is 0 Å². The first-order valence-electron chi connectivity index (χ1n) is 6.76. The van der Waals surface area contributed by atoms with Crippen molar-refractivity contribution in [2.75, 3.05) is 6.54 Å². The second-order valence-electron chi connectivity index (χ2n) is 4.94. The summed E-state index contributed by atoms with van der Waals surface area (Å²) in [5.41, 5.74) is 0.894. The minimum Gasteiger partial charge on any atom is -0.334 e. The largest absolute Gasteiger partial charge is 0.334 e. The maximum absolute atomic E-state index is 6.04. The van der Waals surface area contributed by atoms with Crippen LogP contribution in [0.3, 0.4) is 0 Å². The molecule has 0 bridgehead atoms. The minimum atomic E-state index is 0.201. The number of aromatic nitrogens is 2. The molecule has 1 atom stereocenters. The summed E-state index contributed by atoms with van der Waals surface area (Å²) >= 11 is 8.29. The normalized spacial score (nSPS) is 19.8. The molecule has 0 saturated carbocycles. The molecule has 1 aromatic carbocycles. The van der Waals surface area contributed by atoms with Gasteiger partial charge in [-0.1, -0.05) is 29.6 Å². The van der Waals surface area contributed by atoms with Crippen LogP contribution in [-0.4, -0.2) is 16.7 Å². The summed E-state index contributed by atoms with van der Waals surface area (Å²) < 4.78 is 6.47. The molecule has 6 heteroatoms. The van der Waals surface area contributed by atoms with E-state index in [1.54, 1.807) is 0 Å². The molecule has 1 aromatic heterocycles. The Morgan fingerprint density at radius 1 is 1.30 bits per heavy atom. The Balaban J connectivity index is 1.87. The summed E-state index contributed by atoms with van der Waals surface area (Å²) in [5.74, 6) is 1.29. The molecule has 1 saturated heterocycles. The van der Waals surface area contributed by atoms with Crippen molar-refractivity contribution in [3.8, 4) is 11.5 Å². The van der Waals surface area contributed by atoms with Gasteiger partial charge in [-0.2, -0.15) is 4.98 Å². The van der Waals surface area contributed by atoms with Crippen molar-refractivity contribution in [1.82, 2.24) is 15.5 Å². The standard InChI is InChI=1S/C14H15ClIN3O/c15-9-5-6-11(16)10(8-9)14-18-13(19-20-14)12-4-2-1-3-7-17-12/h5-6,8,12,17H,1-4,7H2. The molecule has 1 aliphatic heterocycles. The predicted molar refractivity (Wildman–Crippen MR) is 86.7 cm³/mol. The second-order valence-corrected chi connectivity index (χ2v) is 6.54. The zero-order valence-corrected chi connectivity index (χ0v) is 13.8. The van der Waals surface area contributed by atoms with Crippen LogP contribution in [0.4, 0.5) is 0 Å². The van der Waals surface area contributed by atoms with Gasteiger partial charge in [-0.15, -0.1) is 0 Å². The lowest BCUT2D eigenvalue weighted by atomic mass is 10.1. The molecule has 106 valence electrons. The molecule has 2 heterocycles. The van der Waals surface area contributed by atoms with Gasteiger partial charge in [0, 0.05) is 8.59 Å². The highest BCUT2D eigenvalue weighted by Crippen LogP contribution is 2.29. The van der Waals surface area contributed by atoms with Gasteiger partial charge in [0.2, 0.25) is 0 Å². The van der Waals surface area contributed by atoms with E-state index in [0.29, 0.717) is 10.9 Å². The fourth-order valence-corrected chi connectivity index (χ4v) is 3.13. The van der Waals surface area contributed by atoms with E-state index in [2.05, 4.69) is 38.0 Å². The lowest BCUT2D eigenvalue weighted by Gasteiger charge is -2.09. The second kappa shape index (κ2) is 6.41. The Hall–Kier alpha value is -0.660. The first kappa shape index (κ1) is 14.3. The number of hydrogen-bond acceptors (Lipinski definition) is 4. The Labute approximate surface area is 136 Å². The Morgan fingerprint density at radius 2 is 2.20 bits per heavy atom. The van der Waals surface area contributed by atoms with Crippen molar-refractivity contribution in [2.45, 2.75) is 31.7 Å². The van der Waals surface area contributed by atoms with E-state index in [-0.39, 0.29) is 6.04 Å². The van der Waals surface area contributed by atoms with Crippen LogP contribution in [-0.2, 0) is 0 Å². The summed E-state index contributed by atoms with van der Waals surface area (Å²) in [6.45, 7) is 1.02. The minimum absolute atomic E-state index is 0.201. The fourth-order valence-electron chi connectivity index (χ4n) is 2.40. The molecule has 0 aliphatic carbocycles. The van der Waals surface area contributed by atoms with Crippen molar-refractivity contribution >= 4 is 34.2 Å². The first-order chi connectivity index (χ1) is 9.74. The Morgan fingerprint density at radius 3 is 3.10 bits per heavy atom. The van der Waals surface area contributed by atoms with Gasteiger partial charge in [0.1, 0.15) is 0 Å². The zero-order chi connectivity index (χ0) is 13.9. The molecule has 20 heavy (non-hydrogen) atoms. The maximum Gasteiger partial charge on any atom is 0.259 e. The number of nitrogens with zero attached hydrogens (tertiary/aromatic N) is 2. The van der Waals surface area contributed by atoms with Gasteiger partial charge in [0.25, 0.3) is 5.89 Å². The van der Waals surface area contributed by atoms with Crippen molar-refractivity contribution in [1.29, 1.82) is 0 Å². The van der Waals surface area contributed by atoms with E-state index in [4.69, 9.17) is 16.1 Å². The predicted octanol–water partition coefficient (Wildman–Crippen LogP) is 4.20. The molecule has 3 rings (SSSR count). The van der Waals surface area contributed by atoms with Crippen LogP contribution in [0.2, 0.25) is 5.02 Å². The van der Waals surface area contributed by atoms with Gasteiger partial charge in [0.15, 0.2) is 5.82 Å². The van der Waals surface area contributed by atoms with Gasteiger partial charge in [-0.25, -0.2) is 0 Å². The van der Waals surface area contributed by atoms with E-state index < -0.39 is 0 Å². The Kier molecular flexibility index (Phi) is 4.58. The first-order valence-corrected chi connectivity index (χ1v) is 8.22. The number of nitrogens with one attached hydrogen (secondary N) is 1. The van der Waals surface area contributed by atoms with Crippen LogP contribution in [0.25, 0.3) is 11.5 Å². The van der Waals surface area contributed by atoms with Crippen LogP contribution in [0.5, 0.6) is 0 Å². The summed E-state index contributed by atoms with van der Waals surface area (Å²) in [7, 11) is 0. The molecule has 0 amide bonds. The molecule has 1 fully saturated rings. The number of hydrogen-bond donors (Lipinski definition) is 1. The molecule has 1 aliphatic rings. The van der Waals surface area contributed by atoms with Crippen molar-refractivity contribution in [3.63, 3.8) is 0 Å². The topological polar surface area (TPSA) is 51.0 Å². The van der Waals surface area contributed by atoms with Crippen LogP contribution >= 0.6 is 34.2 Å². The summed E-state index contributed by atoms with van der Waals surface area (Å²) in [6, 6.07) is 5.87. The van der Waals surface area contributed by atoms with Crippen molar-refractivity contribution in [3.05, 3.63) is 32.6 Å². The van der Waals surface area contributed by atoms with Crippen LogP contribution < -0.4 is 5.32 Å². The molecule has 1 unspecified atom stereocenters. The third-order valence-electron chi connectivity index (χ3n) is 3.47. The average molecular weight is 404 g/mol. The molecule has 1 N–H and O–H groups in total. The van der Waals surface area contributed by atoms with Crippen molar-refractivity contribution < 1.29 is 4.52 Å². The van der Waals surface area contributed by atoms with Gasteiger partial charge in [0.05, 0.1) is 11.6 Å². The highest BCUT2D eigenvalue weighted by Gasteiger charge is 2.20. The third kappa shape index (κ3) is 3.15. The summed E-state index contributed by atoms with van der Waals surface area (Å²) in [5, 5.41) is 8.28. The number of rotatable bonds is 2. The van der Waals surface area contributed by atoms with E-state index in [1.165, 1.54) is 19.3 Å². The van der Waals surface area contributed by atoms with E-state index >= 15 is 0 Å². The van der Waals surface area contributed by atoms with Crippen LogP contribution in [0.15, 0.2) is 22.7 Å². The highest BCUT2D eigenvalue weighted by molar-refractivity contribution is 14.1. The molecule has 2 aromatic rings. The zero-order valence-electron chi connectivity index (χ0n) is 10.9. The van der Waals surface area contributed by atoms with E-state index in [1.807, 2.05) is 18.2 Å². The molecular formula is C14H15ClIN3O. The quantitative estimate of drug-likeness (QED) is 0.764. The molecule has 0 radical (unpaired) electrons. The highest BCUT2D eigenvalue weighted by atomic mass is 127.